The highest BCUT2D eigenvalue weighted by molar-refractivity contribution is 5.54. The Balaban J connectivity index is 1.59. The number of hydrogen-bond acceptors (Lipinski definition) is 6. The average molecular weight is 330 g/mol. The minimum absolute atomic E-state index is 0.307. The zero-order valence-corrected chi connectivity index (χ0v) is 14.7. The quantitative estimate of drug-likeness (QED) is 0.875. The molecule has 130 valence electrons. The summed E-state index contributed by atoms with van der Waals surface area (Å²) >= 11 is 0. The number of morpholine rings is 1. The molecule has 0 radical (unpaired) electrons. The van der Waals surface area contributed by atoms with E-state index in [1.165, 1.54) is 0 Å². The summed E-state index contributed by atoms with van der Waals surface area (Å²) in [6.07, 6.45) is 3.86. The Morgan fingerprint density at radius 2 is 2.00 bits per heavy atom. The van der Waals surface area contributed by atoms with Crippen molar-refractivity contribution in [1.29, 1.82) is 0 Å². The molecular weight excluding hydrogens is 304 g/mol. The van der Waals surface area contributed by atoms with E-state index in [-0.39, 0.29) is 0 Å². The molecule has 1 fully saturated rings. The van der Waals surface area contributed by atoms with Gasteiger partial charge in [0.2, 0.25) is 0 Å². The van der Waals surface area contributed by atoms with Crippen LogP contribution in [0.1, 0.15) is 31.3 Å². The molecule has 1 N–H and O–H groups in total. The first-order valence-electron chi connectivity index (χ1n) is 8.55. The SMILES string of the molecule is Cc1cc(Nc2cnn(CCN3CCOCC3)c2)nc(C(C)C)n1. The number of rotatable bonds is 6. The molecule has 1 aliphatic heterocycles. The predicted molar refractivity (Wildman–Crippen MR) is 93.6 cm³/mol. The molecule has 0 amide bonds. The van der Waals surface area contributed by atoms with Crippen molar-refractivity contribution in [3.63, 3.8) is 0 Å². The predicted octanol–water partition coefficient (Wildman–Crippen LogP) is 2.18. The molecule has 2 aromatic heterocycles. The number of nitrogens with one attached hydrogen (secondary N) is 1. The number of ether oxygens (including phenoxy) is 1. The zero-order valence-electron chi connectivity index (χ0n) is 14.7. The van der Waals surface area contributed by atoms with Gasteiger partial charge in [-0.1, -0.05) is 13.8 Å². The van der Waals surface area contributed by atoms with Crippen LogP contribution in [0.5, 0.6) is 0 Å². The molecule has 3 heterocycles. The van der Waals surface area contributed by atoms with Crippen LogP contribution in [0.25, 0.3) is 0 Å². The van der Waals surface area contributed by atoms with E-state index in [2.05, 4.69) is 39.1 Å². The molecule has 24 heavy (non-hydrogen) atoms. The summed E-state index contributed by atoms with van der Waals surface area (Å²) in [5, 5.41) is 7.76. The Hall–Kier alpha value is -1.99. The second-order valence-corrected chi connectivity index (χ2v) is 6.48. The van der Waals surface area contributed by atoms with E-state index in [0.29, 0.717) is 5.92 Å². The summed E-state index contributed by atoms with van der Waals surface area (Å²) in [6.45, 7) is 11.7. The van der Waals surface area contributed by atoms with Crippen LogP contribution in [-0.4, -0.2) is 57.5 Å². The van der Waals surface area contributed by atoms with Crippen LogP contribution in [-0.2, 0) is 11.3 Å². The van der Waals surface area contributed by atoms with Gasteiger partial charge in [-0.05, 0) is 6.92 Å². The van der Waals surface area contributed by atoms with Gasteiger partial charge in [0.15, 0.2) is 0 Å². The van der Waals surface area contributed by atoms with Crippen LogP contribution in [0.2, 0.25) is 0 Å². The maximum atomic E-state index is 5.37. The summed E-state index contributed by atoms with van der Waals surface area (Å²) < 4.78 is 7.34. The third-order valence-corrected chi connectivity index (χ3v) is 4.04. The molecule has 7 heteroatoms. The van der Waals surface area contributed by atoms with Crippen molar-refractivity contribution in [1.82, 2.24) is 24.6 Å². The van der Waals surface area contributed by atoms with Crippen LogP contribution in [0.4, 0.5) is 11.5 Å². The van der Waals surface area contributed by atoms with E-state index in [9.17, 15) is 0 Å². The molecule has 0 unspecified atom stereocenters. The van der Waals surface area contributed by atoms with Crippen molar-refractivity contribution < 1.29 is 4.74 Å². The van der Waals surface area contributed by atoms with Crippen molar-refractivity contribution >= 4 is 11.5 Å². The minimum atomic E-state index is 0.307. The van der Waals surface area contributed by atoms with E-state index in [1.807, 2.05) is 30.1 Å². The zero-order chi connectivity index (χ0) is 16.9. The van der Waals surface area contributed by atoms with E-state index in [0.717, 1.165) is 62.4 Å². The van der Waals surface area contributed by atoms with E-state index in [4.69, 9.17) is 4.74 Å². The van der Waals surface area contributed by atoms with Crippen molar-refractivity contribution in [2.24, 2.45) is 0 Å². The van der Waals surface area contributed by atoms with Crippen LogP contribution in [0, 0.1) is 6.92 Å². The highest BCUT2D eigenvalue weighted by Gasteiger charge is 2.11. The van der Waals surface area contributed by atoms with Crippen LogP contribution in [0.15, 0.2) is 18.5 Å². The lowest BCUT2D eigenvalue weighted by Crippen LogP contribution is -2.38. The lowest BCUT2D eigenvalue weighted by molar-refractivity contribution is 0.0360. The van der Waals surface area contributed by atoms with Gasteiger partial charge in [-0.25, -0.2) is 9.97 Å². The number of aryl methyl sites for hydroxylation is 1. The summed E-state index contributed by atoms with van der Waals surface area (Å²) in [6, 6.07) is 1.96. The van der Waals surface area contributed by atoms with Gasteiger partial charge in [0.1, 0.15) is 11.6 Å². The Bertz CT molecular complexity index is 663. The Morgan fingerprint density at radius 1 is 1.21 bits per heavy atom. The van der Waals surface area contributed by atoms with Gasteiger partial charge in [-0.15, -0.1) is 0 Å². The number of hydrogen-bond donors (Lipinski definition) is 1. The smallest absolute Gasteiger partial charge is 0.134 e. The molecule has 0 spiro atoms. The van der Waals surface area contributed by atoms with Crippen molar-refractivity contribution in [3.8, 4) is 0 Å². The third kappa shape index (κ3) is 4.52. The summed E-state index contributed by atoms with van der Waals surface area (Å²) in [5.74, 6) is 1.98. The largest absolute Gasteiger partial charge is 0.379 e. The standard InChI is InChI=1S/C17H26N6O/c1-13(2)17-19-14(3)10-16(21-17)20-15-11-18-23(12-15)5-4-22-6-8-24-9-7-22/h10-13H,4-9H2,1-3H3,(H,19,20,21). The van der Waals surface area contributed by atoms with Gasteiger partial charge in [-0.2, -0.15) is 5.10 Å². The highest BCUT2D eigenvalue weighted by Crippen LogP contribution is 2.17. The van der Waals surface area contributed by atoms with Crippen molar-refractivity contribution in [3.05, 3.63) is 30.0 Å². The maximum Gasteiger partial charge on any atom is 0.134 e. The molecule has 0 atom stereocenters. The van der Waals surface area contributed by atoms with Gasteiger partial charge in [0.25, 0.3) is 0 Å². The molecule has 0 aliphatic carbocycles. The van der Waals surface area contributed by atoms with E-state index >= 15 is 0 Å². The van der Waals surface area contributed by atoms with Crippen molar-refractivity contribution in [2.45, 2.75) is 33.2 Å². The maximum absolute atomic E-state index is 5.37. The number of nitrogens with zero attached hydrogens (tertiary/aromatic N) is 5. The van der Waals surface area contributed by atoms with Gasteiger partial charge in [-0.3, -0.25) is 9.58 Å². The molecule has 0 aromatic carbocycles. The molecular formula is C17H26N6O. The van der Waals surface area contributed by atoms with Crippen LogP contribution in [0.3, 0.4) is 0 Å². The second-order valence-electron chi connectivity index (χ2n) is 6.48. The molecule has 0 saturated carbocycles. The average Bonchev–Trinajstić information content (AvgIpc) is 3.01. The fraction of sp³-hybridized carbons (Fsp3) is 0.588. The first-order valence-corrected chi connectivity index (χ1v) is 8.55. The minimum Gasteiger partial charge on any atom is -0.379 e. The fourth-order valence-electron chi connectivity index (χ4n) is 2.68. The van der Waals surface area contributed by atoms with E-state index < -0.39 is 0 Å². The Labute approximate surface area is 143 Å². The van der Waals surface area contributed by atoms with Crippen molar-refractivity contribution in [2.75, 3.05) is 38.2 Å². The molecule has 1 aliphatic rings. The van der Waals surface area contributed by atoms with E-state index in [1.54, 1.807) is 0 Å². The summed E-state index contributed by atoms with van der Waals surface area (Å²) in [4.78, 5) is 11.5. The normalized spacial score (nSPS) is 15.8. The molecule has 3 rings (SSSR count). The number of aromatic nitrogens is 4. The van der Waals surface area contributed by atoms with Gasteiger partial charge in [0, 0.05) is 43.5 Å². The van der Waals surface area contributed by atoms with Crippen LogP contribution < -0.4 is 5.32 Å². The fourth-order valence-corrected chi connectivity index (χ4v) is 2.68. The van der Waals surface area contributed by atoms with Crippen LogP contribution >= 0.6 is 0 Å². The molecule has 0 bridgehead atoms. The monoisotopic (exact) mass is 330 g/mol. The highest BCUT2D eigenvalue weighted by atomic mass is 16.5. The second kappa shape index (κ2) is 7.72. The lowest BCUT2D eigenvalue weighted by Gasteiger charge is -2.26. The molecule has 2 aromatic rings. The van der Waals surface area contributed by atoms with Gasteiger partial charge in [0.05, 0.1) is 31.6 Å². The Morgan fingerprint density at radius 3 is 2.75 bits per heavy atom. The molecule has 1 saturated heterocycles. The first-order chi connectivity index (χ1) is 11.6. The third-order valence-electron chi connectivity index (χ3n) is 4.04. The van der Waals surface area contributed by atoms with Gasteiger partial charge < -0.3 is 10.1 Å². The topological polar surface area (TPSA) is 68.1 Å². The summed E-state index contributed by atoms with van der Waals surface area (Å²) in [5.41, 5.74) is 1.92. The number of anilines is 2. The summed E-state index contributed by atoms with van der Waals surface area (Å²) in [7, 11) is 0. The Kier molecular flexibility index (Phi) is 5.42. The lowest BCUT2D eigenvalue weighted by atomic mass is 10.2. The molecule has 7 nitrogen and oxygen atoms in total. The first kappa shape index (κ1) is 16.9. The van der Waals surface area contributed by atoms with Gasteiger partial charge >= 0.3 is 0 Å².